The number of fused-ring (bicyclic) bond motifs is 3. The standard InChI is InChI=1S/C27H20/c1-19-14-16-20(17-15-19)22-9-4-5-12-25(22)27-18-21-8-2-3-10-23(21)24-11-6-7-13-26(24)27/h2-18H,1H3. The predicted molar refractivity (Wildman–Crippen MR) is 117 cm³/mol. The second-order valence-corrected chi connectivity index (χ2v) is 7.10. The topological polar surface area (TPSA) is 0 Å². The summed E-state index contributed by atoms with van der Waals surface area (Å²) in [4.78, 5) is 0. The second kappa shape index (κ2) is 6.41. The molecule has 0 aliphatic heterocycles. The first-order valence-electron chi connectivity index (χ1n) is 9.38. The summed E-state index contributed by atoms with van der Waals surface area (Å²) in [6, 6.07) is 37.3. The highest BCUT2D eigenvalue weighted by Gasteiger charge is 2.12. The number of hydrogen-bond acceptors (Lipinski definition) is 0. The Morgan fingerprint density at radius 1 is 0.444 bits per heavy atom. The third kappa shape index (κ3) is 2.71. The average Bonchev–Trinajstić information content (AvgIpc) is 2.74. The molecule has 0 unspecified atom stereocenters. The lowest BCUT2D eigenvalue weighted by Gasteiger charge is -2.15. The summed E-state index contributed by atoms with van der Waals surface area (Å²) < 4.78 is 0. The molecule has 0 fully saturated rings. The summed E-state index contributed by atoms with van der Waals surface area (Å²) in [5.74, 6) is 0. The second-order valence-electron chi connectivity index (χ2n) is 7.10. The lowest BCUT2D eigenvalue weighted by atomic mass is 9.89. The van der Waals surface area contributed by atoms with E-state index in [1.807, 2.05) is 0 Å². The zero-order chi connectivity index (χ0) is 18.2. The number of aryl methyl sites for hydroxylation is 1. The highest BCUT2D eigenvalue weighted by molar-refractivity contribution is 6.14. The minimum Gasteiger partial charge on any atom is -0.0616 e. The van der Waals surface area contributed by atoms with Crippen LogP contribution in [0, 0.1) is 6.92 Å². The van der Waals surface area contributed by atoms with E-state index in [1.54, 1.807) is 0 Å². The average molecular weight is 344 g/mol. The van der Waals surface area contributed by atoms with E-state index in [4.69, 9.17) is 0 Å². The molecule has 0 radical (unpaired) electrons. The van der Waals surface area contributed by atoms with Gasteiger partial charge in [-0.3, -0.25) is 0 Å². The van der Waals surface area contributed by atoms with Gasteiger partial charge >= 0.3 is 0 Å². The van der Waals surface area contributed by atoms with Crippen molar-refractivity contribution in [3.05, 3.63) is 109 Å². The molecule has 5 aromatic carbocycles. The van der Waals surface area contributed by atoms with Crippen LogP contribution in [0.1, 0.15) is 5.56 Å². The highest BCUT2D eigenvalue weighted by atomic mass is 14.2. The first kappa shape index (κ1) is 15.8. The highest BCUT2D eigenvalue weighted by Crippen LogP contribution is 2.39. The van der Waals surface area contributed by atoms with Crippen molar-refractivity contribution in [1.29, 1.82) is 0 Å². The van der Waals surface area contributed by atoms with Gasteiger partial charge in [-0.1, -0.05) is 103 Å². The van der Waals surface area contributed by atoms with Gasteiger partial charge in [0.15, 0.2) is 0 Å². The molecule has 0 aliphatic rings. The van der Waals surface area contributed by atoms with E-state index in [1.165, 1.54) is 49.4 Å². The van der Waals surface area contributed by atoms with Crippen LogP contribution in [0.4, 0.5) is 0 Å². The zero-order valence-corrected chi connectivity index (χ0v) is 15.3. The van der Waals surface area contributed by atoms with Gasteiger partial charge in [0.2, 0.25) is 0 Å². The lowest BCUT2D eigenvalue weighted by molar-refractivity contribution is 1.47. The molecule has 0 spiro atoms. The molecule has 0 bridgehead atoms. The molecule has 0 aromatic heterocycles. The third-order valence-electron chi connectivity index (χ3n) is 5.35. The first-order valence-corrected chi connectivity index (χ1v) is 9.38. The van der Waals surface area contributed by atoms with Gasteiger partial charge < -0.3 is 0 Å². The van der Waals surface area contributed by atoms with E-state index >= 15 is 0 Å². The van der Waals surface area contributed by atoms with E-state index in [2.05, 4.69) is 110 Å². The van der Waals surface area contributed by atoms with Gasteiger partial charge in [-0.25, -0.2) is 0 Å². The van der Waals surface area contributed by atoms with E-state index in [0.29, 0.717) is 0 Å². The fourth-order valence-electron chi connectivity index (χ4n) is 3.98. The molecule has 128 valence electrons. The largest absolute Gasteiger partial charge is 0.0616 e. The van der Waals surface area contributed by atoms with Crippen molar-refractivity contribution in [2.45, 2.75) is 6.92 Å². The maximum atomic E-state index is 2.34. The molecule has 27 heavy (non-hydrogen) atoms. The minimum absolute atomic E-state index is 1.26. The van der Waals surface area contributed by atoms with Crippen molar-refractivity contribution in [3.8, 4) is 22.3 Å². The molecule has 5 aromatic rings. The van der Waals surface area contributed by atoms with E-state index in [0.717, 1.165) is 0 Å². The van der Waals surface area contributed by atoms with Crippen LogP contribution in [0.3, 0.4) is 0 Å². The summed E-state index contributed by atoms with van der Waals surface area (Å²) in [5.41, 5.74) is 6.39. The SMILES string of the molecule is Cc1ccc(-c2ccccc2-c2cc3ccccc3c3ccccc23)cc1. The van der Waals surface area contributed by atoms with Crippen molar-refractivity contribution >= 4 is 21.5 Å². The fraction of sp³-hybridized carbons (Fsp3) is 0.0370. The lowest BCUT2D eigenvalue weighted by Crippen LogP contribution is -1.88. The normalized spacial score (nSPS) is 11.1. The van der Waals surface area contributed by atoms with Crippen LogP contribution in [0.2, 0.25) is 0 Å². The number of hydrogen-bond donors (Lipinski definition) is 0. The summed E-state index contributed by atoms with van der Waals surface area (Å²) in [7, 11) is 0. The van der Waals surface area contributed by atoms with Gasteiger partial charge in [0.1, 0.15) is 0 Å². The van der Waals surface area contributed by atoms with Crippen LogP contribution in [-0.4, -0.2) is 0 Å². The molecular formula is C27H20. The van der Waals surface area contributed by atoms with Crippen molar-refractivity contribution < 1.29 is 0 Å². The van der Waals surface area contributed by atoms with Gasteiger partial charge in [0.25, 0.3) is 0 Å². The van der Waals surface area contributed by atoms with Gasteiger partial charge in [-0.05, 0) is 56.8 Å². The summed E-state index contributed by atoms with van der Waals surface area (Å²) in [6.07, 6.45) is 0. The predicted octanol–water partition coefficient (Wildman–Crippen LogP) is 7.64. The van der Waals surface area contributed by atoms with E-state index in [9.17, 15) is 0 Å². The first-order chi connectivity index (χ1) is 13.3. The molecule has 5 rings (SSSR count). The molecule has 0 saturated heterocycles. The summed E-state index contributed by atoms with van der Waals surface area (Å²) in [5, 5.41) is 5.20. The molecule has 0 aliphatic carbocycles. The van der Waals surface area contributed by atoms with Gasteiger partial charge in [0, 0.05) is 0 Å². The Morgan fingerprint density at radius 3 is 1.81 bits per heavy atom. The van der Waals surface area contributed by atoms with Crippen molar-refractivity contribution in [1.82, 2.24) is 0 Å². The van der Waals surface area contributed by atoms with Crippen molar-refractivity contribution in [3.63, 3.8) is 0 Å². The van der Waals surface area contributed by atoms with Crippen LogP contribution in [-0.2, 0) is 0 Å². The van der Waals surface area contributed by atoms with Crippen molar-refractivity contribution in [2.75, 3.05) is 0 Å². The Kier molecular flexibility index (Phi) is 3.76. The molecular weight excluding hydrogens is 324 g/mol. The number of benzene rings is 5. The minimum atomic E-state index is 1.26. The zero-order valence-electron chi connectivity index (χ0n) is 15.3. The summed E-state index contributed by atoms with van der Waals surface area (Å²) in [6.45, 7) is 2.13. The van der Waals surface area contributed by atoms with Crippen LogP contribution in [0.15, 0.2) is 103 Å². The number of rotatable bonds is 2. The molecule has 0 saturated carbocycles. The smallest absolute Gasteiger partial charge is 0.00928 e. The molecule has 0 atom stereocenters. The third-order valence-corrected chi connectivity index (χ3v) is 5.35. The maximum Gasteiger partial charge on any atom is -0.00928 e. The fourth-order valence-corrected chi connectivity index (χ4v) is 3.98. The van der Waals surface area contributed by atoms with Crippen molar-refractivity contribution in [2.24, 2.45) is 0 Å². The maximum absolute atomic E-state index is 2.34. The van der Waals surface area contributed by atoms with Crippen LogP contribution < -0.4 is 0 Å². The van der Waals surface area contributed by atoms with Crippen LogP contribution >= 0.6 is 0 Å². The Hall–Kier alpha value is -3.38. The monoisotopic (exact) mass is 344 g/mol. The quantitative estimate of drug-likeness (QED) is 0.289. The van der Waals surface area contributed by atoms with Gasteiger partial charge in [-0.2, -0.15) is 0 Å². The Balaban J connectivity index is 1.85. The Morgan fingerprint density at radius 2 is 1.04 bits per heavy atom. The summed E-state index contributed by atoms with van der Waals surface area (Å²) >= 11 is 0. The van der Waals surface area contributed by atoms with Gasteiger partial charge in [-0.15, -0.1) is 0 Å². The van der Waals surface area contributed by atoms with Crippen LogP contribution in [0.5, 0.6) is 0 Å². The molecule has 0 heterocycles. The molecule has 0 heteroatoms. The van der Waals surface area contributed by atoms with E-state index in [-0.39, 0.29) is 0 Å². The molecule has 0 nitrogen and oxygen atoms in total. The van der Waals surface area contributed by atoms with Gasteiger partial charge in [0.05, 0.1) is 0 Å². The Bertz CT molecular complexity index is 1260. The molecule has 0 N–H and O–H groups in total. The molecule has 0 amide bonds. The Labute approximate surface area is 159 Å². The van der Waals surface area contributed by atoms with E-state index < -0.39 is 0 Å². The van der Waals surface area contributed by atoms with Crippen LogP contribution in [0.25, 0.3) is 43.8 Å².